The Labute approximate surface area is 186 Å². The predicted octanol–water partition coefficient (Wildman–Crippen LogP) is 8.00. The molecular weight excluding hydrogens is 372 g/mol. The predicted molar refractivity (Wildman–Crippen MR) is 133 cm³/mol. The number of hydrogen-bond acceptors (Lipinski definition) is 0. The summed E-state index contributed by atoms with van der Waals surface area (Å²) >= 11 is 0. The number of allylic oxidation sites excluding steroid dienone is 8. The van der Waals surface area contributed by atoms with Gasteiger partial charge in [0.05, 0.1) is 0 Å². The summed E-state index contributed by atoms with van der Waals surface area (Å²) in [5.74, 6) is 0.507. The maximum absolute atomic E-state index is 2.41. The van der Waals surface area contributed by atoms with Gasteiger partial charge in [-0.25, -0.2) is 0 Å². The highest BCUT2D eigenvalue weighted by Gasteiger charge is 2.24. The van der Waals surface area contributed by atoms with Gasteiger partial charge >= 0.3 is 0 Å². The van der Waals surface area contributed by atoms with Crippen LogP contribution in [0.3, 0.4) is 0 Å². The lowest BCUT2D eigenvalue weighted by Gasteiger charge is -2.28. The van der Waals surface area contributed by atoms with Gasteiger partial charge in [-0.15, -0.1) is 0 Å². The zero-order valence-corrected chi connectivity index (χ0v) is 18.3. The van der Waals surface area contributed by atoms with Gasteiger partial charge in [0.15, 0.2) is 0 Å². The summed E-state index contributed by atoms with van der Waals surface area (Å²) in [7, 11) is 0. The second-order valence-corrected chi connectivity index (χ2v) is 8.61. The molecule has 0 saturated carbocycles. The lowest BCUT2D eigenvalue weighted by atomic mass is 9.76. The van der Waals surface area contributed by atoms with Gasteiger partial charge in [0.2, 0.25) is 0 Å². The normalized spacial score (nSPS) is 18.3. The van der Waals surface area contributed by atoms with E-state index in [1.807, 2.05) is 0 Å². The molecule has 0 aromatic heterocycles. The Morgan fingerprint density at radius 1 is 0.839 bits per heavy atom. The van der Waals surface area contributed by atoms with Crippen LogP contribution in [0.4, 0.5) is 0 Å². The third-order valence-electron chi connectivity index (χ3n) is 6.60. The lowest BCUT2D eigenvalue weighted by molar-refractivity contribution is 0.672. The van der Waals surface area contributed by atoms with Crippen molar-refractivity contribution >= 4 is 5.57 Å². The molecule has 31 heavy (non-hydrogen) atoms. The zero-order chi connectivity index (χ0) is 21.2. The summed E-state index contributed by atoms with van der Waals surface area (Å²) in [4.78, 5) is 0. The molecule has 0 bridgehead atoms. The molecule has 3 aromatic carbocycles. The van der Waals surface area contributed by atoms with Crippen LogP contribution in [0, 0.1) is 6.92 Å². The first kappa shape index (κ1) is 19.6. The molecule has 3 aromatic rings. The van der Waals surface area contributed by atoms with Crippen LogP contribution < -0.4 is 0 Å². The van der Waals surface area contributed by atoms with E-state index in [9.17, 15) is 0 Å². The molecule has 1 atom stereocenters. The maximum Gasteiger partial charge on any atom is -0.00747 e. The summed E-state index contributed by atoms with van der Waals surface area (Å²) < 4.78 is 0. The summed E-state index contributed by atoms with van der Waals surface area (Å²) in [6, 6.07) is 24.9. The second kappa shape index (κ2) is 8.40. The number of aryl methyl sites for hydroxylation is 1. The van der Waals surface area contributed by atoms with E-state index >= 15 is 0 Å². The summed E-state index contributed by atoms with van der Waals surface area (Å²) in [6.07, 6.45) is 15.3. The van der Waals surface area contributed by atoms with Crippen LogP contribution in [0.25, 0.3) is 16.7 Å². The van der Waals surface area contributed by atoms with Crippen LogP contribution in [0.2, 0.25) is 0 Å². The van der Waals surface area contributed by atoms with Gasteiger partial charge in [0, 0.05) is 0 Å². The monoisotopic (exact) mass is 400 g/mol. The quantitative estimate of drug-likeness (QED) is 0.418. The van der Waals surface area contributed by atoms with E-state index in [0.717, 1.165) is 12.8 Å². The Morgan fingerprint density at radius 3 is 2.48 bits per heavy atom. The van der Waals surface area contributed by atoms with Crippen LogP contribution >= 0.6 is 0 Å². The summed E-state index contributed by atoms with van der Waals surface area (Å²) in [5, 5.41) is 0. The minimum atomic E-state index is 0.507. The smallest absolute Gasteiger partial charge is 0.00747 e. The SMILES string of the molecule is C/C=C1\C=CC=CC(c2cc(CC3Cc4ccccc4-c4ccccc43)ccc2C)=C1. The molecule has 0 saturated heterocycles. The summed E-state index contributed by atoms with van der Waals surface area (Å²) in [6.45, 7) is 4.31. The molecule has 152 valence electrons. The molecule has 2 aliphatic carbocycles. The van der Waals surface area contributed by atoms with Crippen LogP contribution in [0.1, 0.15) is 40.7 Å². The third kappa shape index (κ3) is 3.86. The largest absolute Gasteiger partial charge is 0.0804 e. The Bertz CT molecular complexity index is 1250. The van der Waals surface area contributed by atoms with Crippen LogP contribution in [0.5, 0.6) is 0 Å². The van der Waals surface area contributed by atoms with Crippen LogP contribution in [0.15, 0.2) is 109 Å². The molecule has 5 rings (SSSR count). The average molecular weight is 401 g/mol. The van der Waals surface area contributed by atoms with Crippen molar-refractivity contribution in [2.75, 3.05) is 0 Å². The van der Waals surface area contributed by atoms with E-state index in [2.05, 4.69) is 117 Å². The number of rotatable bonds is 3. The van der Waals surface area contributed by atoms with Crippen molar-refractivity contribution in [2.45, 2.75) is 32.6 Å². The van der Waals surface area contributed by atoms with Gasteiger partial charge in [-0.1, -0.05) is 97.1 Å². The fourth-order valence-corrected chi connectivity index (χ4v) is 4.96. The van der Waals surface area contributed by atoms with E-state index in [1.165, 1.54) is 50.1 Å². The highest BCUT2D eigenvalue weighted by molar-refractivity contribution is 5.80. The molecule has 0 aliphatic heterocycles. The fourth-order valence-electron chi connectivity index (χ4n) is 4.96. The van der Waals surface area contributed by atoms with Crippen LogP contribution in [-0.2, 0) is 12.8 Å². The van der Waals surface area contributed by atoms with Gasteiger partial charge < -0.3 is 0 Å². The topological polar surface area (TPSA) is 0 Å². The first-order chi connectivity index (χ1) is 15.2. The fraction of sp³-hybridized carbons (Fsp3) is 0.161. The molecule has 0 heteroatoms. The minimum Gasteiger partial charge on any atom is -0.0804 e. The van der Waals surface area contributed by atoms with Gasteiger partial charge in [-0.05, 0) is 88.8 Å². The van der Waals surface area contributed by atoms with E-state index in [1.54, 1.807) is 0 Å². The highest BCUT2D eigenvalue weighted by Crippen LogP contribution is 2.41. The molecule has 1 unspecified atom stereocenters. The van der Waals surface area contributed by atoms with Crippen molar-refractivity contribution in [1.82, 2.24) is 0 Å². The van der Waals surface area contributed by atoms with Crippen LogP contribution in [-0.4, -0.2) is 0 Å². The molecule has 0 heterocycles. The standard InChI is InChI=1S/C31H28/c1-3-23-10-4-5-11-25(18-23)31-20-24(17-16-22(31)2)19-27-21-26-12-6-7-13-28(26)30-15-9-8-14-29(27)30/h3-18,20,27H,19,21H2,1-2H3/b23-3+. The van der Waals surface area contributed by atoms with E-state index < -0.39 is 0 Å². The first-order valence-corrected chi connectivity index (χ1v) is 11.2. The van der Waals surface area contributed by atoms with Crippen molar-refractivity contribution < 1.29 is 0 Å². The molecule has 0 spiro atoms. The maximum atomic E-state index is 2.41. The molecule has 0 radical (unpaired) electrons. The van der Waals surface area contributed by atoms with Crippen molar-refractivity contribution in [3.05, 3.63) is 137 Å². The molecule has 0 fully saturated rings. The number of hydrogen-bond donors (Lipinski definition) is 0. The van der Waals surface area contributed by atoms with Gasteiger partial charge in [0.1, 0.15) is 0 Å². The Morgan fingerprint density at radius 2 is 1.61 bits per heavy atom. The van der Waals surface area contributed by atoms with Gasteiger partial charge in [-0.2, -0.15) is 0 Å². The third-order valence-corrected chi connectivity index (χ3v) is 6.60. The Balaban J connectivity index is 1.51. The second-order valence-electron chi connectivity index (χ2n) is 8.61. The van der Waals surface area contributed by atoms with Crippen molar-refractivity contribution in [3.8, 4) is 11.1 Å². The number of benzene rings is 3. The molecule has 0 N–H and O–H groups in total. The summed E-state index contributed by atoms with van der Waals surface area (Å²) in [5.41, 5.74) is 12.4. The minimum absolute atomic E-state index is 0.507. The van der Waals surface area contributed by atoms with E-state index in [4.69, 9.17) is 0 Å². The molecular formula is C31H28. The zero-order valence-electron chi connectivity index (χ0n) is 18.3. The van der Waals surface area contributed by atoms with E-state index in [-0.39, 0.29) is 0 Å². The van der Waals surface area contributed by atoms with Gasteiger partial charge in [0.25, 0.3) is 0 Å². The average Bonchev–Trinajstić information content (AvgIpc) is 3.06. The van der Waals surface area contributed by atoms with Crippen molar-refractivity contribution in [1.29, 1.82) is 0 Å². The van der Waals surface area contributed by atoms with E-state index in [0.29, 0.717) is 5.92 Å². The van der Waals surface area contributed by atoms with Crippen molar-refractivity contribution in [2.24, 2.45) is 0 Å². The Kier molecular flexibility index (Phi) is 5.30. The number of fused-ring (bicyclic) bond motifs is 3. The molecule has 0 nitrogen and oxygen atoms in total. The lowest BCUT2D eigenvalue weighted by Crippen LogP contribution is -2.13. The Hall–Kier alpha value is -3.38. The highest BCUT2D eigenvalue weighted by atomic mass is 14.3. The van der Waals surface area contributed by atoms with Crippen molar-refractivity contribution in [3.63, 3.8) is 0 Å². The first-order valence-electron chi connectivity index (χ1n) is 11.2. The van der Waals surface area contributed by atoms with Gasteiger partial charge in [-0.3, -0.25) is 0 Å². The molecule has 2 aliphatic rings. The molecule has 0 amide bonds.